The zero-order chi connectivity index (χ0) is 21.0. The molecule has 0 unspecified atom stereocenters. The maximum Gasteiger partial charge on any atom is 0.252 e. The lowest BCUT2D eigenvalue weighted by atomic mass is 9.98. The second-order valence-electron chi connectivity index (χ2n) is 6.66. The van der Waals surface area contributed by atoms with Crippen LogP contribution in [0.1, 0.15) is 27.5 Å². The lowest BCUT2D eigenvalue weighted by Crippen LogP contribution is -2.30. The van der Waals surface area contributed by atoms with E-state index in [0.717, 1.165) is 15.4 Å². The van der Waals surface area contributed by atoms with E-state index in [2.05, 4.69) is 5.32 Å². The molecule has 0 aliphatic rings. The molecule has 0 spiro atoms. The van der Waals surface area contributed by atoms with E-state index in [1.165, 1.54) is 32.3 Å². The van der Waals surface area contributed by atoms with Crippen molar-refractivity contribution in [1.82, 2.24) is 9.62 Å². The molecule has 0 bridgehead atoms. The molecule has 1 N–H and O–H groups in total. The van der Waals surface area contributed by atoms with Crippen LogP contribution in [0.2, 0.25) is 5.02 Å². The summed E-state index contributed by atoms with van der Waals surface area (Å²) in [5.41, 5.74) is 2.05. The molecule has 0 heterocycles. The highest BCUT2D eigenvalue weighted by Gasteiger charge is 2.24. The molecule has 0 saturated carbocycles. The summed E-state index contributed by atoms with van der Waals surface area (Å²) in [7, 11) is -0.943. The first-order chi connectivity index (χ1) is 13.8. The van der Waals surface area contributed by atoms with Crippen molar-refractivity contribution >= 4 is 27.5 Å². The fraction of sp³-hybridized carbons (Fsp3) is 0.136. The lowest BCUT2D eigenvalue weighted by molar-refractivity contribution is 0.0942. The van der Waals surface area contributed by atoms with Gasteiger partial charge in [-0.25, -0.2) is 12.7 Å². The molecule has 29 heavy (non-hydrogen) atoms. The second-order valence-corrected chi connectivity index (χ2v) is 9.19. The SMILES string of the molecule is CN(C)S(=O)(=O)c1cc(C(=O)NC(c2ccccc2)c2ccccc2)ccc1Cl. The summed E-state index contributed by atoms with van der Waals surface area (Å²) in [5.74, 6) is -0.394. The molecule has 3 aromatic rings. The minimum Gasteiger partial charge on any atom is -0.341 e. The average molecular weight is 429 g/mol. The molecule has 150 valence electrons. The van der Waals surface area contributed by atoms with Crippen LogP contribution < -0.4 is 5.32 Å². The first-order valence-corrected chi connectivity index (χ1v) is 10.8. The topological polar surface area (TPSA) is 66.5 Å². The van der Waals surface area contributed by atoms with Crippen molar-refractivity contribution in [2.24, 2.45) is 0 Å². The third-order valence-corrected chi connectivity index (χ3v) is 6.79. The van der Waals surface area contributed by atoms with Gasteiger partial charge in [0.2, 0.25) is 10.0 Å². The van der Waals surface area contributed by atoms with E-state index >= 15 is 0 Å². The Morgan fingerprint density at radius 1 is 0.897 bits per heavy atom. The van der Waals surface area contributed by atoms with E-state index in [1.54, 1.807) is 0 Å². The Balaban J connectivity index is 1.97. The van der Waals surface area contributed by atoms with Crippen molar-refractivity contribution in [3.63, 3.8) is 0 Å². The summed E-state index contributed by atoms with van der Waals surface area (Å²) in [6, 6.07) is 23.0. The van der Waals surface area contributed by atoms with Crippen LogP contribution in [-0.4, -0.2) is 32.7 Å². The second kappa shape index (κ2) is 8.78. The summed E-state index contributed by atoms with van der Waals surface area (Å²) in [6.45, 7) is 0. The minimum atomic E-state index is -3.77. The van der Waals surface area contributed by atoms with Crippen molar-refractivity contribution in [3.05, 3.63) is 101 Å². The van der Waals surface area contributed by atoms with E-state index in [9.17, 15) is 13.2 Å². The Hall–Kier alpha value is -2.67. The molecule has 0 atom stereocenters. The minimum absolute atomic E-state index is 0.0675. The van der Waals surface area contributed by atoms with Crippen LogP contribution in [0.15, 0.2) is 83.8 Å². The van der Waals surface area contributed by atoms with Gasteiger partial charge in [-0.15, -0.1) is 0 Å². The number of rotatable bonds is 6. The van der Waals surface area contributed by atoms with Crippen molar-refractivity contribution < 1.29 is 13.2 Å². The molecule has 5 nitrogen and oxygen atoms in total. The highest BCUT2D eigenvalue weighted by atomic mass is 35.5. The Morgan fingerprint density at radius 2 is 1.41 bits per heavy atom. The Morgan fingerprint density at radius 3 is 1.90 bits per heavy atom. The molecular weight excluding hydrogens is 408 g/mol. The van der Waals surface area contributed by atoms with Gasteiger partial charge >= 0.3 is 0 Å². The number of amides is 1. The molecule has 1 amide bonds. The van der Waals surface area contributed by atoms with E-state index in [0.29, 0.717) is 0 Å². The maximum atomic E-state index is 13.0. The van der Waals surface area contributed by atoms with Gasteiger partial charge in [0.05, 0.1) is 11.1 Å². The van der Waals surface area contributed by atoms with E-state index in [1.807, 2.05) is 60.7 Å². The number of sulfonamides is 1. The summed E-state index contributed by atoms with van der Waals surface area (Å²) in [6.07, 6.45) is 0. The van der Waals surface area contributed by atoms with Crippen molar-refractivity contribution in [2.45, 2.75) is 10.9 Å². The monoisotopic (exact) mass is 428 g/mol. The summed E-state index contributed by atoms with van der Waals surface area (Å²) in [5, 5.41) is 3.07. The van der Waals surface area contributed by atoms with Gasteiger partial charge in [0.25, 0.3) is 5.91 Å². The molecule has 0 aliphatic carbocycles. The van der Waals surface area contributed by atoms with Crippen LogP contribution in [0.3, 0.4) is 0 Å². The number of hydrogen-bond acceptors (Lipinski definition) is 3. The fourth-order valence-corrected chi connectivity index (χ4v) is 4.30. The molecule has 0 aliphatic heterocycles. The van der Waals surface area contributed by atoms with Crippen LogP contribution >= 0.6 is 11.6 Å². The molecule has 0 aromatic heterocycles. The summed E-state index contributed by atoms with van der Waals surface area (Å²) in [4.78, 5) is 12.9. The van der Waals surface area contributed by atoms with Gasteiger partial charge in [-0.3, -0.25) is 4.79 Å². The molecule has 0 saturated heterocycles. The Kier molecular flexibility index (Phi) is 6.37. The van der Waals surface area contributed by atoms with Crippen molar-refractivity contribution in [1.29, 1.82) is 0 Å². The summed E-state index contributed by atoms with van der Waals surface area (Å²) < 4.78 is 26.1. The molecule has 7 heteroatoms. The highest BCUT2D eigenvalue weighted by molar-refractivity contribution is 7.89. The highest BCUT2D eigenvalue weighted by Crippen LogP contribution is 2.26. The predicted octanol–water partition coefficient (Wildman–Crippen LogP) is 4.11. The molecular formula is C22H21ClN2O3S. The predicted molar refractivity (Wildman–Crippen MR) is 115 cm³/mol. The maximum absolute atomic E-state index is 13.0. The largest absolute Gasteiger partial charge is 0.341 e. The van der Waals surface area contributed by atoms with E-state index in [4.69, 9.17) is 11.6 Å². The number of nitrogens with one attached hydrogen (secondary N) is 1. The van der Waals surface area contributed by atoms with Crippen molar-refractivity contribution in [2.75, 3.05) is 14.1 Å². The standard InChI is InChI=1S/C22H21ClN2O3S/c1-25(2)29(27,28)20-15-18(13-14-19(20)23)22(26)24-21(16-9-5-3-6-10-16)17-11-7-4-8-12-17/h3-15,21H,1-2H3,(H,24,26). The number of carbonyl (C=O) groups is 1. The van der Waals surface area contributed by atoms with E-state index in [-0.39, 0.29) is 21.5 Å². The average Bonchev–Trinajstić information content (AvgIpc) is 2.73. The van der Waals surface area contributed by atoms with Gasteiger partial charge in [-0.1, -0.05) is 72.3 Å². The molecule has 0 fully saturated rings. The molecule has 3 rings (SSSR count). The summed E-state index contributed by atoms with van der Waals surface area (Å²) >= 11 is 6.09. The number of benzene rings is 3. The lowest BCUT2D eigenvalue weighted by Gasteiger charge is -2.20. The van der Waals surface area contributed by atoms with Crippen LogP contribution in [0.4, 0.5) is 0 Å². The van der Waals surface area contributed by atoms with Gasteiger partial charge in [0, 0.05) is 19.7 Å². The van der Waals surface area contributed by atoms with Gasteiger partial charge in [-0.05, 0) is 29.3 Å². The molecule has 0 radical (unpaired) electrons. The first-order valence-electron chi connectivity index (χ1n) is 8.93. The quantitative estimate of drug-likeness (QED) is 0.642. The van der Waals surface area contributed by atoms with Gasteiger partial charge < -0.3 is 5.32 Å². The third kappa shape index (κ3) is 4.67. The third-order valence-electron chi connectivity index (χ3n) is 4.49. The fourth-order valence-electron chi connectivity index (χ4n) is 2.90. The van der Waals surface area contributed by atoms with E-state index < -0.39 is 15.9 Å². The zero-order valence-electron chi connectivity index (χ0n) is 16.0. The van der Waals surface area contributed by atoms with Crippen LogP contribution in [0.5, 0.6) is 0 Å². The number of nitrogens with zero attached hydrogens (tertiary/aromatic N) is 1. The van der Waals surface area contributed by atoms with Gasteiger partial charge in [0.15, 0.2) is 0 Å². The molecule has 3 aromatic carbocycles. The smallest absolute Gasteiger partial charge is 0.252 e. The number of halogens is 1. The normalized spacial score (nSPS) is 11.6. The first kappa shape index (κ1) is 21.0. The Labute approximate surface area is 176 Å². The van der Waals surface area contributed by atoms with Crippen LogP contribution in [0.25, 0.3) is 0 Å². The number of carbonyl (C=O) groups excluding carboxylic acids is 1. The van der Waals surface area contributed by atoms with Crippen molar-refractivity contribution in [3.8, 4) is 0 Å². The Bertz CT molecular complexity index is 1060. The van der Waals surface area contributed by atoms with Gasteiger partial charge in [-0.2, -0.15) is 0 Å². The zero-order valence-corrected chi connectivity index (χ0v) is 17.6. The number of hydrogen-bond donors (Lipinski definition) is 1. The van der Waals surface area contributed by atoms with Crippen LogP contribution in [-0.2, 0) is 10.0 Å². The van der Waals surface area contributed by atoms with Crippen LogP contribution in [0, 0.1) is 0 Å². The van der Waals surface area contributed by atoms with Gasteiger partial charge in [0.1, 0.15) is 4.90 Å².